The average molecular weight is 476 g/mol. The lowest BCUT2D eigenvalue weighted by Gasteiger charge is -2.26. The number of aliphatic hydroxyl groups is 1. The molecule has 1 fully saturated rings. The predicted molar refractivity (Wildman–Crippen MR) is 130 cm³/mol. The molecule has 1 heterocycles. The smallest absolute Gasteiger partial charge is 0.308 e. The van der Waals surface area contributed by atoms with Gasteiger partial charge in [0.25, 0.3) is 11.7 Å². The maximum atomic E-state index is 13.3. The van der Waals surface area contributed by atoms with Crippen molar-refractivity contribution in [3.63, 3.8) is 0 Å². The first-order valence-electron chi connectivity index (χ1n) is 10.6. The van der Waals surface area contributed by atoms with Gasteiger partial charge in [-0.05, 0) is 79.1 Å². The van der Waals surface area contributed by atoms with E-state index in [1.807, 2.05) is 32.0 Å². The van der Waals surface area contributed by atoms with Gasteiger partial charge in [-0.3, -0.25) is 19.3 Å². The molecular formula is C27H22ClNO5. The van der Waals surface area contributed by atoms with E-state index in [-0.39, 0.29) is 11.3 Å². The zero-order valence-electron chi connectivity index (χ0n) is 18.8. The van der Waals surface area contributed by atoms with Crippen molar-refractivity contribution in [1.29, 1.82) is 0 Å². The number of nitrogens with zero attached hydrogens (tertiary/aromatic N) is 1. The van der Waals surface area contributed by atoms with Crippen molar-refractivity contribution in [2.45, 2.75) is 26.8 Å². The van der Waals surface area contributed by atoms with Crippen LogP contribution in [0.25, 0.3) is 5.76 Å². The Morgan fingerprint density at radius 1 is 0.941 bits per heavy atom. The summed E-state index contributed by atoms with van der Waals surface area (Å²) in [7, 11) is 0. The van der Waals surface area contributed by atoms with E-state index in [2.05, 4.69) is 0 Å². The lowest BCUT2D eigenvalue weighted by Crippen LogP contribution is -2.29. The molecule has 0 radical (unpaired) electrons. The van der Waals surface area contributed by atoms with Crippen molar-refractivity contribution >= 4 is 40.7 Å². The number of benzene rings is 3. The Kier molecular flexibility index (Phi) is 6.26. The van der Waals surface area contributed by atoms with Gasteiger partial charge in [-0.15, -0.1) is 0 Å². The van der Waals surface area contributed by atoms with Gasteiger partial charge in [0, 0.05) is 23.2 Å². The maximum absolute atomic E-state index is 13.3. The van der Waals surface area contributed by atoms with E-state index in [0.717, 1.165) is 11.1 Å². The Morgan fingerprint density at radius 3 is 2.09 bits per heavy atom. The number of hydrogen-bond donors (Lipinski definition) is 1. The first-order valence-corrected chi connectivity index (χ1v) is 11.0. The topological polar surface area (TPSA) is 83.9 Å². The van der Waals surface area contributed by atoms with Crippen LogP contribution in [0.15, 0.2) is 72.3 Å². The van der Waals surface area contributed by atoms with Crippen LogP contribution in [-0.2, 0) is 14.4 Å². The predicted octanol–water partition coefficient (Wildman–Crippen LogP) is 5.51. The maximum Gasteiger partial charge on any atom is 0.308 e. The molecule has 7 heteroatoms. The Hall–Kier alpha value is -3.90. The first kappa shape index (κ1) is 23.3. The molecule has 0 bridgehead atoms. The molecule has 1 aliphatic rings. The fraction of sp³-hybridized carbons (Fsp3) is 0.148. The quantitative estimate of drug-likeness (QED) is 0.177. The number of ether oxygens (including phenoxy) is 1. The minimum absolute atomic E-state index is 0.0354. The third-order valence-corrected chi connectivity index (χ3v) is 5.76. The highest BCUT2D eigenvalue weighted by Crippen LogP contribution is 2.43. The second-order valence-electron chi connectivity index (χ2n) is 8.18. The molecule has 1 amide bonds. The molecular weight excluding hydrogens is 454 g/mol. The van der Waals surface area contributed by atoms with Crippen molar-refractivity contribution in [3.05, 3.63) is 99.6 Å². The number of esters is 1. The SMILES string of the molecule is CC(=O)Oc1ccc(C2/C(=C(\O)c3ccc(Cl)cc3)C(=O)C(=O)N2c2cc(C)cc(C)c2)cc1. The Morgan fingerprint density at radius 2 is 1.53 bits per heavy atom. The van der Waals surface area contributed by atoms with E-state index in [4.69, 9.17) is 16.3 Å². The summed E-state index contributed by atoms with van der Waals surface area (Å²) in [5.41, 5.74) is 3.31. The van der Waals surface area contributed by atoms with E-state index in [0.29, 0.717) is 27.6 Å². The molecule has 0 saturated carbocycles. The van der Waals surface area contributed by atoms with Crippen molar-refractivity contribution in [2.24, 2.45) is 0 Å². The number of anilines is 1. The summed E-state index contributed by atoms with van der Waals surface area (Å²) in [6, 6.07) is 17.6. The molecule has 34 heavy (non-hydrogen) atoms. The number of aryl methyl sites for hydroxylation is 2. The fourth-order valence-electron chi connectivity index (χ4n) is 4.15. The van der Waals surface area contributed by atoms with E-state index in [1.165, 1.54) is 11.8 Å². The lowest BCUT2D eigenvalue weighted by molar-refractivity contribution is -0.132. The van der Waals surface area contributed by atoms with Gasteiger partial charge in [-0.25, -0.2) is 0 Å². The second kappa shape index (κ2) is 9.15. The summed E-state index contributed by atoms with van der Waals surface area (Å²) >= 11 is 5.97. The number of aliphatic hydroxyl groups excluding tert-OH is 1. The highest BCUT2D eigenvalue weighted by molar-refractivity contribution is 6.51. The van der Waals surface area contributed by atoms with Crippen LogP contribution < -0.4 is 9.64 Å². The monoisotopic (exact) mass is 475 g/mol. The molecule has 0 aromatic heterocycles. The van der Waals surface area contributed by atoms with Gasteiger partial charge < -0.3 is 9.84 Å². The van der Waals surface area contributed by atoms with Gasteiger partial charge in [-0.1, -0.05) is 29.8 Å². The largest absolute Gasteiger partial charge is 0.507 e. The standard InChI is InChI=1S/C27H22ClNO5/c1-15-12-16(2)14-21(13-15)29-24(18-6-10-22(11-7-18)34-17(3)30)23(26(32)27(29)33)25(31)19-4-8-20(28)9-5-19/h4-14,24,31H,1-3H3/b25-23+. The van der Waals surface area contributed by atoms with Crippen LogP contribution >= 0.6 is 11.6 Å². The molecule has 6 nitrogen and oxygen atoms in total. The van der Waals surface area contributed by atoms with Gasteiger partial charge in [0.1, 0.15) is 11.5 Å². The van der Waals surface area contributed by atoms with Crippen molar-refractivity contribution < 1.29 is 24.2 Å². The normalized spacial score (nSPS) is 17.2. The minimum Gasteiger partial charge on any atom is -0.507 e. The fourth-order valence-corrected chi connectivity index (χ4v) is 4.28. The molecule has 0 aliphatic carbocycles. The van der Waals surface area contributed by atoms with Crippen LogP contribution in [0, 0.1) is 13.8 Å². The van der Waals surface area contributed by atoms with E-state index >= 15 is 0 Å². The molecule has 3 aromatic carbocycles. The number of carbonyl (C=O) groups is 3. The zero-order chi connectivity index (χ0) is 24.6. The van der Waals surface area contributed by atoms with Gasteiger partial charge in [0.05, 0.1) is 11.6 Å². The lowest BCUT2D eigenvalue weighted by atomic mass is 9.95. The van der Waals surface area contributed by atoms with E-state index < -0.39 is 23.7 Å². The second-order valence-corrected chi connectivity index (χ2v) is 8.62. The Balaban J connectivity index is 1.92. The Labute approximate surface area is 202 Å². The van der Waals surface area contributed by atoms with Crippen LogP contribution in [0.3, 0.4) is 0 Å². The summed E-state index contributed by atoms with van der Waals surface area (Å²) in [4.78, 5) is 39.2. The zero-order valence-corrected chi connectivity index (χ0v) is 19.6. The number of Topliss-reactive ketones (excluding diaryl/α,β-unsaturated/α-hetero) is 1. The highest BCUT2D eigenvalue weighted by Gasteiger charge is 2.47. The average Bonchev–Trinajstić information content (AvgIpc) is 3.04. The number of carbonyl (C=O) groups excluding carboxylic acids is 3. The van der Waals surface area contributed by atoms with Gasteiger partial charge in [0.15, 0.2) is 0 Å². The van der Waals surface area contributed by atoms with E-state index in [1.54, 1.807) is 48.5 Å². The molecule has 4 rings (SSSR count). The van der Waals surface area contributed by atoms with Crippen molar-refractivity contribution in [3.8, 4) is 5.75 Å². The molecule has 1 saturated heterocycles. The number of amides is 1. The molecule has 1 atom stereocenters. The summed E-state index contributed by atoms with van der Waals surface area (Å²) < 4.78 is 5.11. The van der Waals surface area contributed by atoms with E-state index in [9.17, 15) is 19.5 Å². The molecule has 1 N–H and O–H groups in total. The summed E-state index contributed by atoms with van der Waals surface area (Å²) in [5.74, 6) is -1.96. The number of rotatable bonds is 4. The third kappa shape index (κ3) is 4.45. The van der Waals surface area contributed by atoms with Crippen LogP contribution in [0.1, 0.15) is 35.2 Å². The molecule has 3 aromatic rings. The van der Waals surface area contributed by atoms with Crippen molar-refractivity contribution in [1.82, 2.24) is 0 Å². The van der Waals surface area contributed by atoms with Gasteiger partial charge in [0.2, 0.25) is 0 Å². The Bertz CT molecular complexity index is 1310. The van der Waals surface area contributed by atoms with Crippen LogP contribution in [0.4, 0.5) is 5.69 Å². The van der Waals surface area contributed by atoms with Crippen LogP contribution in [0.5, 0.6) is 5.75 Å². The summed E-state index contributed by atoms with van der Waals surface area (Å²) in [6.45, 7) is 5.11. The molecule has 0 spiro atoms. The number of halogens is 1. The minimum atomic E-state index is -0.886. The molecule has 172 valence electrons. The molecule has 1 aliphatic heterocycles. The van der Waals surface area contributed by atoms with Gasteiger partial charge >= 0.3 is 5.97 Å². The first-order chi connectivity index (χ1) is 16.2. The van der Waals surface area contributed by atoms with Crippen molar-refractivity contribution in [2.75, 3.05) is 4.90 Å². The summed E-state index contributed by atoms with van der Waals surface area (Å²) in [6.07, 6.45) is 0. The highest BCUT2D eigenvalue weighted by atomic mass is 35.5. The molecule has 1 unspecified atom stereocenters. The summed E-state index contributed by atoms with van der Waals surface area (Å²) in [5, 5.41) is 11.6. The number of hydrogen-bond acceptors (Lipinski definition) is 5. The number of ketones is 1. The third-order valence-electron chi connectivity index (χ3n) is 5.50. The van der Waals surface area contributed by atoms with Crippen LogP contribution in [0.2, 0.25) is 5.02 Å². The van der Waals surface area contributed by atoms with Gasteiger partial charge in [-0.2, -0.15) is 0 Å². The van der Waals surface area contributed by atoms with Crippen LogP contribution in [-0.4, -0.2) is 22.8 Å².